The number of hydrogen-bond donors (Lipinski definition) is 0. The van der Waals surface area contributed by atoms with Crippen molar-refractivity contribution in [1.29, 1.82) is 0 Å². The van der Waals surface area contributed by atoms with Gasteiger partial charge in [-0.3, -0.25) is 4.79 Å². The summed E-state index contributed by atoms with van der Waals surface area (Å²) in [6, 6.07) is 15.9. The maximum absolute atomic E-state index is 12.4. The maximum Gasteiger partial charge on any atom is 0.303 e. The van der Waals surface area contributed by atoms with E-state index in [0.29, 0.717) is 0 Å². The van der Waals surface area contributed by atoms with Gasteiger partial charge < -0.3 is 4.90 Å². The molecule has 3 rings (SSSR count). The number of hydrogen-bond acceptors (Lipinski definition) is 1. The van der Waals surface area contributed by atoms with E-state index in [2.05, 4.69) is 17.9 Å². The molecule has 0 spiro atoms. The predicted octanol–water partition coefficient (Wildman–Crippen LogP) is 3.33. The van der Waals surface area contributed by atoms with Crippen LogP contribution in [0.25, 0.3) is 0 Å². The summed E-state index contributed by atoms with van der Waals surface area (Å²) in [7, 11) is 0. The summed E-state index contributed by atoms with van der Waals surface area (Å²) in [6.07, 6.45) is 2.03. The molecule has 1 amide bonds. The van der Waals surface area contributed by atoms with Crippen LogP contribution in [-0.4, -0.2) is 12.5 Å². The van der Waals surface area contributed by atoms with Crippen LogP contribution in [0.15, 0.2) is 48.5 Å². The van der Waals surface area contributed by atoms with E-state index in [0.717, 1.165) is 36.2 Å². The normalized spacial score (nSPS) is 13.1. The number of amides is 1. The van der Waals surface area contributed by atoms with Gasteiger partial charge in [0.25, 0.3) is 0 Å². The van der Waals surface area contributed by atoms with Crippen molar-refractivity contribution in [3.8, 4) is 11.8 Å². The third-order valence-electron chi connectivity index (χ3n) is 3.80. The highest BCUT2D eigenvalue weighted by Gasteiger charge is 2.20. The first kappa shape index (κ1) is 13.5. The lowest BCUT2D eigenvalue weighted by Crippen LogP contribution is -2.34. The van der Waals surface area contributed by atoms with Gasteiger partial charge >= 0.3 is 5.91 Å². The smallest absolute Gasteiger partial charge is 0.301 e. The van der Waals surface area contributed by atoms with Crippen LogP contribution in [0.5, 0.6) is 0 Å². The number of nitrogens with zero attached hydrogens (tertiary/aromatic N) is 1. The van der Waals surface area contributed by atoms with Crippen LogP contribution in [0.1, 0.15) is 23.1 Å². The Balaban J connectivity index is 1.87. The summed E-state index contributed by atoms with van der Waals surface area (Å²) in [6.45, 7) is 2.75. The SMILES string of the molecule is Cc1ccccc1C#CC(=O)N1CCCc2ccccc21. The zero-order valence-electron chi connectivity index (χ0n) is 12.1. The molecule has 2 aromatic rings. The van der Waals surface area contributed by atoms with Gasteiger partial charge in [-0.15, -0.1) is 0 Å². The fourth-order valence-corrected chi connectivity index (χ4v) is 2.65. The zero-order valence-corrected chi connectivity index (χ0v) is 12.1. The summed E-state index contributed by atoms with van der Waals surface area (Å²) in [5.41, 5.74) is 4.25. The van der Waals surface area contributed by atoms with Crippen molar-refractivity contribution in [2.75, 3.05) is 11.4 Å². The van der Waals surface area contributed by atoms with Crippen molar-refractivity contribution in [3.63, 3.8) is 0 Å². The Bertz CT molecular complexity index is 736. The molecule has 1 heterocycles. The van der Waals surface area contributed by atoms with E-state index in [1.807, 2.05) is 49.4 Å². The minimum absolute atomic E-state index is 0.120. The van der Waals surface area contributed by atoms with Crippen LogP contribution in [0.2, 0.25) is 0 Å². The summed E-state index contributed by atoms with van der Waals surface area (Å²) < 4.78 is 0. The minimum Gasteiger partial charge on any atom is -0.301 e. The van der Waals surface area contributed by atoms with E-state index in [1.165, 1.54) is 5.56 Å². The fourth-order valence-electron chi connectivity index (χ4n) is 2.65. The Morgan fingerprint density at radius 3 is 2.71 bits per heavy atom. The van der Waals surface area contributed by atoms with Crippen molar-refractivity contribution in [3.05, 3.63) is 65.2 Å². The molecule has 2 aromatic carbocycles. The topological polar surface area (TPSA) is 20.3 Å². The van der Waals surface area contributed by atoms with Gasteiger partial charge in [0.1, 0.15) is 0 Å². The van der Waals surface area contributed by atoms with Crippen molar-refractivity contribution in [2.24, 2.45) is 0 Å². The molecule has 0 saturated carbocycles. The highest BCUT2D eigenvalue weighted by Crippen LogP contribution is 2.26. The average Bonchev–Trinajstić information content (AvgIpc) is 2.53. The molecule has 0 aromatic heterocycles. The van der Waals surface area contributed by atoms with E-state index in [-0.39, 0.29) is 5.91 Å². The number of benzene rings is 2. The molecule has 0 unspecified atom stereocenters. The summed E-state index contributed by atoms with van der Waals surface area (Å²) in [5.74, 6) is 5.67. The molecule has 1 aliphatic heterocycles. The molecular weight excluding hydrogens is 258 g/mol. The second-order valence-electron chi connectivity index (χ2n) is 5.25. The van der Waals surface area contributed by atoms with Crippen LogP contribution in [-0.2, 0) is 11.2 Å². The highest BCUT2D eigenvalue weighted by molar-refractivity contribution is 6.06. The molecular formula is C19H17NO. The number of para-hydroxylation sites is 1. The molecule has 2 nitrogen and oxygen atoms in total. The molecule has 0 radical (unpaired) electrons. The van der Waals surface area contributed by atoms with Gasteiger partial charge in [-0.2, -0.15) is 0 Å². The Kier molecular flexibility index (Phi) is 3.75. The molecule has 0 saturated heterocycles. The third-order valence-corrected chi connectivity index (χ3v) is 3.80. The number of fused-ring (bicyclic) bond motifs is 1. The van der Waals surface area contributed by atoms with Gasteiger partial charge in [-0.05, 0) is 43.0 Å². The molecule has 21 heavy (non-hydrogen) atoms. The Morgan fingerprint density at radius 2 is 1.86 bits per heavy atom. The lowest BCUT2D eigenvalue weighted by atomic mass is 10.0. The lowest BCUT2D eigenvalue weighted by molar-refractivity contribution is -0.113. The van der Waals surface area contributed by atoms with E-state index in [1.54, 1.807) is 4.90 Å². The third kappa shape index (κ3) is 2.83. The van der Waals surface area contributed by atoms with Gasteiger partial charge in [0.15, 0.2) is 0 Å². The van der Waals surface area contributed by atoms with E-state index in [4.69, 9.17) is 0 Å². The van der Waals surface area contributed by atoms with E-state index < -0.39 is 0 Å². The number of rotatable bonds is 0. The van der Waals surface area contributed by atoms with Crippen molar-refractivity contribution in [1.82, 2.24) is 0 Å². The summed E-state index contributed by atoms with van der Waals surface area (Å²) in [5, 5.41) is 0. The molecule has 1 aliphatic rings. The largest absolute Gasteiger partial charge is 0.303 e. The van der Waals surface area contributed by atoms with Crippen LogP contribution < -0.4 is 4.90 Å². The Labute approximate surface area is 125 Å². The second-order valence-corrected chi connectivity index (χ2v) is 5.25. The van der Waals surface area contributed by atoms with Crippen molar-refractivity contribution >= 4 is 11.6 Å². The Morgan fingerprint density at radius 1 is 1.10 bits per heavy atom. The number of carbonyl (C=O) groups is 1. The molecule has 2 heteroatoms. The molecule has 104 valence electrons. The second kappa shape index (κ2) is 5.85. The standard InChI is InChI=1S/C19H17NO/c1-15-7-2-3-8-16(15)12-13-19(21)20-14-6-10-17-9-4-5-11-18(17)20/h2-5,7-9,11H,6,10,14H2,1H3. The van der Waals surface area contributed by atoms with Crippen molar-refractivity contribution in [2.45, 2.75) is 19.8 Å². The van der Waals surface area contributed by atoms with E-state index in [9.17, 15) is 4.79 Å². The van der Waals surface area contributed by atoms with E-state index >= 15 is 0 Å². The lowest BCUT2D eigenvalue weighted by Gasteiger charge is -2.27. The maximum atomic E-state index is 12.4. The number of aryl methyl sites for hydroxylation is 2. The molecule has 0 N–H and O–H groups in total. The summed E-state index contributed by atoms with van der Waals surface area (Å²) in [4.78, 5) is 14.2. The first-order chi connectivity index (χ1) is 10.3. The quantitative estimate of drug-likeness (QED) is 0.675. The van der Waals surface area contributed by atoms with Crippen LogP contribution in [0, 0.1) is 18.8 Å². The monoisotopic (exact) mass is 275 g/mol. The fraction of sp³-hybridized carbons (Fsp3) is 0.211. The van der Waals surface area contributed by atoms with Gasteiger partial charge in [-0.1, -0.05) is 42.3 Å². The van der Waals surface area contributed by atoms with Crippen LogP contribution >= 0.6 is 0 Å². The molecule has 0 fully saturated rings. The molecule has 0 aliphatic carbocycles. The molecule has 0 atom stereocenters. The predicted molar refractivity (Wildman–Crippen MR) is 85.2 cm³/mol. The van der Waals surface area contributed by atoms with Gasteiger partial charge in [0.2, 0.25) is 0 Å². The van der Waals surface area contributed by atoms with Crippen LogP contribution in [0.4, 0.5) is 5.69 Å². The van der Waals surface area contributed by atoms with Gasteiger partial charge in [0.05, 0.1) is 0 Å². The highest BCUT2D eigenvalue weighted by atomic mass is 16.2. The van der Waals surface area contributed by atoms with Gasteiger partial charge in [-0.25, -0.2) is 0 Å². The first-order valence-electron chi connectivity index (χ1n) is 7.23. The number of carbonyl (C=O) groups excluding carboxylic acids is 1. The minimum atomic E-state index is -0.120. The Hall–Kier alpha value is -2.53. The summed E-state index contributed by atoms with van der Waals surface area (Å²) >= 11 is 0. The molecule has 0 bridgehead atoms. The zero-order chi connectivity index (χ0) is 14.7. The van der Waals surface area contributed by atoms with Gasteiger partial charge in [0, 0.05) is 23.7 Å². The first-order valence-corrected chi connectivity index (χ1v) is 7.23. The van der Waals surface area contributed by atoms with Crippen LogP contribution in [0.3, 0.4) is 0 Å². The number of anilines is 1. The average molecular weight is 275 g/mol. The van der Waals surface area contributed by atoms with Crippen molar-refractivity contribution < 1.29 is 4.79 Å².